The van der Waals surface area contributed by atoms with Crippen molar-refractivity contribution in [3.63, 3.8) is 0 Å². The van der Waals surface area contributed by atoms with Crippen molar-refractivity contribution in [2.45, 2.75) is 5.33 Å². The molecule has 1 amide bonds. The molecule has 2 rings (SSSR count). The number of hydrogen-bond acceptors (Lipinski definition) is 4. The van der Waals surface area contributed by atoms with E-state index in [9.17, 15) is 9.18 Å². The van der Waals surface area contributed by atoms with Crippen LogP contribution in [0.25, 0.3) is 0 Å². The topological polar surface area (TPSA) is 53.8 Å². The average molecular weight is 330 g/mol. The van der Waals surface area contributed by atoms with E-state index in [2.05, 4.69) is 31.4 Å². The first-order chi connectivity index (χ1) is 8.70. The predicted octanol–water partition coefficient (Wildman–Crippen LogP) is 2.27. The zero-order valence-corrected chi connectivity index (χ0v) is 11.6. The number of nitrogens with one attached hydrogen (secondary N) is 1. The van der Waals surface area contributed by atoms with E-state index in [1.807, 2.05) is 0 Å². The van der Waals surface area contributed by atoms with E-state index < -0.39 is 0 Å². The van der Waals surface area contributed by atoms with Crippen LogP contribution in [0, 0.1) is 5.82 Å². The first kappa shape index (κ1) is 13.2. The summed E-state index contributed by atoms with van der Waals surface area (Å²) in [6, 6.07) is 5.06. The average Bonchev–Trinajstić information content (AvgIpc) is 2.77. The number of amides is 1. The minimum absolute atomic E-state index is 0.0959. The van der Waals surface area contributed by atoms with E-state index in [1.165, 1.54) is 18.0 Å². The molecule has 0 unspecified atom stereocenters. The lowest BCUT2D eigenvalue weighted by molar-refractivity contribution is -0.116. The van der Waals surface area contributed by atoms with Gasteiger partial charge >= 0.3 is 0 Å². The highest BCUT2D eigenvalue weighted by molar-refractivity contribution is 9.08. The predicted molar refractivity (Wildman–Crippen MR) is 74.7 cm³/mol. The monoisotopic (exact) mass is 329 g/mol. The molecule has 1 aliphatic rings. The molecule has 1 aromatic carbocycles. The molecule has 1 N–H and O–H groups in total. The molecule has 1 aromatic rings. The second kappa shape index (κ2) is 6.10. The van der Waals surface area contributed by atoms with Gasteiger partial charge in [0, 0.05) is 10.9 Å². The van der Waals surface area contributed by atoms with Crippen LogP contribution in [-0.4, -0.2) is 23.0 Å². The van der Waals surface area contributed by atoms with Gasteiger partial charge in [-0.05, 0) is 5.56 Å². The summed E-state index contributed by atoms with van der Waals surface area (Å²) < 4.78 is 13.8. The lowest BCUT2D eigenvalue weighted by Gasteiger charge is -2.00. The maximum Gasteiger partial charge on any atom is 0.236 e. The number of amidine groups is 1. The molecule has 1 aliphatic heterocycles. The van der Waals surface area contributed by atoms with Crippen LogP contribution in [0.2, 0.25) is 0 Å². The van der Waals surface area contributed by atoms with Crippen molar-refractivity contribution >= 4 is 45.0 Å². The standard InChI is InChI=1S/C11H9BrFN3OS/c12-4-7-2-1-3-8(10(7)13)5-14-16-11-15-9(17)6-18-11/h1-3,5H,4,6H2,(H,15,16,17). The Balaban J connectivity index is 2.12. The molecule has 7 heteroatoms. The Labute approximate surface area is 116 Å². The van der Waals surface area contributed by atoms with Crippen molar-refractivity contribution in [2.24, 2.45) is 10.2 Å². The van der Waals surface area contributed by atoms with E-state index in [0.29, 0.717) is 27.4 Å². The second-order valence-corrected chi connectivity index (χ2v) is 4.97. The number of hydrogen-bond donors (Lipinski definition) is 1. The molecular weight excluding hydrogens is 321 g/mol. The highest BCUT2D eigenvalue weighted by atomic mass is 79.9. The molecule has 0 atom stereocenters. The summed E-state index contributed by atoms with van der Waals surface area (Å²) in [6.45, 7) is 0. The summed E-state index contributed by atoms with van der Waals surface area (Å²) in [5, 5.41) is 11.0. The second-order valence-electron chi connectivity index (χ2n) is 3.44. The summed E-state index contributed by atoms with van der Waals surface area (Å²) >= 11 is 4.48. The molecule has 0 radical (unpaired) electrons. The smallest absolute Gasteiger partial charge is 0.236 e. The Morgan fingerprint density at radius 2 is 2.39 bits per heavy atom. The van der Waals surface area contributed by atoms with Crippen LogP contribution in [0.5, 0.6) is 0 Å². The third-order valence-electron chi connectivity index (χ3n) is 2.18. The third kappa shape index (κ3) is 3.17. The van der Waals surface area contributed by atoms with Crippen molar-refractivity contribution < 1.29 is 9.18 Å². The fraction of sp³-hybridized carbons (Fsp3) is 0.182. The highest BCUT2D eigenvalue weighted by Gasteiger charge is 2.15. The van der Waals surface area contributed by atoms with Crippen molar-refractivity contribution in [1.29, 1.82) is 0 Å². The van der Waals surface area contributed by atoms with Crippen LogP contribution >= 0.6 is 27.7 Å². The first-order valence-corrected chi connectivity index (χ1v) is 7.18. The molecule has 1 fully saturated rings. The van der Waals surface area contributed by atoms with Crippen LogP contribution in [0.4, 0.5) is 4.39 Å². The largest absolute Gasteiger partial charge is 0.303 e. The third-order valence-corrected chi connectivity index (χ3v) is 3.65. The van der Waals surface area contributed by atoms with E-state index in [1.54, 1.807) is 18.2 Å². The molecular formula is C11H9BrFN3OS. The van der Waals surface area contributed by atoms with Crippen molar-refractivity contribution in [3.8, 4) is 0 Å². The maximum atomic E-state index is 13.8. The Morgan fingerprint density at radius 3 is 3.06 bits per heavy atom. The SMILES string of the molecule is O=C1CSC(=NN=Cc2cccc(CBr)c2F)N1. The molecule has 94 valence electrons. The lowest BCUT2D eigenvalue weighted by atomic mass is 10.1. The summed E-state index contributed by atoms with van der Waals surface area (Å²) in [5.41, 5.74) is 0.931. The number of thioether (sulfide) groups is 1. The van der Waals surface area contributed by atoms with Crippen LogP contribution in [-0.2, 0) is 10.1 Å². The number of benzene rings is 1. The van der Waals surface area contributed by atoms with Gasteiger partial charge in [-0.2, -0.15) is 5.10 Å². The number of halogens is 2. The lowest BCUT2D eigenvalue weighted by Crippen LogP contribution is -2.19. The van der Waals surface area contributed by atoms with Gasteiger partial charge in [-0.15, -0.1) is 5.10 Å². The molecule has 0 aliphatic carbocycles. The number of nitrogens with zero attached hydrogens (tertiary/aromatic N) is 2. The van der Waals surface area contributed by atoms with Gasteiger partial charge in [-0.1, -0.05) is 45.9 Å². The van der Waals surface area contributed by atoms with Crippen molar-refractivity contribution in [2.75, 3.05) is 5.75 Å². The fourth-order valence-corrected chi connectivity index (χ4v) is 2.39. The number of carbonyl (C=O) groups is 1. The molecule has 0 spiro atoms. The van der Waals surface area contributed by atoms with E-state index >= 15 is 0 Å². The summed E-state index contributed by atoms with van der Waals surface area (Å²) in [4.78, 5) is 10.9. The summed E-state index contributed by atoms with van der Waals surface area (Å²) in [5.74, 6) is -0.0650. The van der Waals surface area contributed by atoms with Crippen LogP contribution in [0.3, 0.4) is 0 Å². The van der Waals surface area contributed by atoms with Gasteiger partial charge in [0.1, 0.15) is 5.82 Å². The van der Waals surface area contributed by atoms with Crippen LogP contribution in [0.15, 0.2) is 28.4 Å². The molecule has 1 saturated heterocycles. The normalized spacial score (nSPS) is 17.7. The van der Waals surface area contributed by atoms with Crippen molar-refractivity contribution in [3.05, 3.63) is 35.1 Å². The molecule has 0 bridgehead atoms. The van der Waals surface area contributed by atoms with Gasteiger partial charge in [-0.3, -0.25) is 4.79 Å². The molecule has 4 nitrogen and oxygen atoms in total. The Hall–Kier alpha value is -1.21. The fourth-order valence-electron chi connectivity index (χ4n) is 1.33. The summed E-state index contributed by atoms with van der Waals surface area (Å²) in [6.07, 6.45) is 1.33. The molecule has 1 heterocycles. The maximum absolute atomic E-state index is 13.8. The van der Waals surface area contributed by atoms with Gasteiger partial charge in [0.25, 0.3) is 0 Å². The van der Waals surface area contributed by atoms with Gasteiger partial charge < -0.3 is 5.32 Å². The van der Waals surface area contributed by atoms with Gasteiger partial charge in [-0.25, -0.2) is 4.39 Å². The van der Waals surface area contributed by atoms with E-state index in [-0.39, 0.29) is 11.7 Å². The minimum Gasteiger partial charge on any atom is -0.303 e. The summed E-state index contributed by atoms with van der Waals surface area (Å²) in [7, 11) is 0. The van der Waals surface area contributed by atoms with Gasteiger partial charge in [0.2, 0.25) is 5.91 Å². The van der Waals surface area contributed by atoms with E-state index in [4.69, 9.17) is 0 Å². The Kier molecular flexibility index (Phi) is 4.48. The van der Waals surface area contributed by atoms with Gasteiger partial charge in [0.15, 0.2) is 5.17 Å². The van der Waals surface area contributed by atoms with E-state index in [0.717, 1.165) is 0 Å². The van der Waals surface area contributed by atoms with Crippen LogP contribution in [0.1, 0.15) is 11.1 Å². The quantitative estimate of drug-likeness (QED) is 0.525. The number of alkyl halides is 1. The number of carbonyl (C=O) groups excluding carboxylic acids is 1. The minimum atomic E-state index is -0.318. The highest BCUT2D eigenvalue weighted by Crippen LogP contribution is 2.14. The molecule has 0 aromatic heterocycles. The van der Waals surface area contributed by atoms with Crippen LogP contribution < -0.4 is 5.32 Å². The Morgan fingerprint density at radius 1 is 1.56 bits per heavy atom. The zero-order valence-electron chi connectivity index (χ0n) is 9.19. The Bertz CT molecular complexity index is 533. The van der Waals surface area contributed by atoms with Crippen molar-refractivity contribution in [1.82, 2.24) is 5.32 Å². The zero-order chi connectivity index (χ0) is 13.0. The molecule has 0 saturated carbocycles. The number of rotatable bonds is 3. The van der Waals surface area contributed by atoms with Gasteiger partial charge in [0.05, 0.1) is 12.0 Å². The molecule has 18 heavy (non-hydrogen) atoms. The first-order valence-electron chi connectivity index (χ1n) is 5.07.